The molecule has 90 valence electrons. The number of piperazine rings is 1. The van der Waals surface area contributed by atoms with Crippen molar-refractivity contribution in [2.24, 2.45) is 0 Å². The minimum absolute atomic E-state index is 0.155. The summed E-state index contributed by atoms with van der Waals surface area (Å²) in [5, 5.41) is 3.16. The summed E-state index contributed by atoms with van der Waals surface area (Å²) in [5.41, 5.74) is 1.30. The molecule has 2 aliphatic rings. The van der Waals surface area contributed by atoms with Gasteiger partial charge in [0.1, 0.15) is 0 Å². The van der Waals surface area contributed by atoms with Gasteiger partial charge in [-0.25, -0.2) is 0 Å². The van der Waals surface area contributed by atoms with Crippen LogP contribution in [0.1, 0.15) is 18.4 Å². The Hall–Kier alpha value is -1.35. The third kappa shape index (κ3) is 2.20. The van der Waals surface area contributed by atoms with Gasteiger partial charge in [0.25, 0.3) is 0 Å². The van der Waals surface area contributed by atoms with Gasteiger partial charge in [-0.05, 0) is 31.4 Å². The molecule has 0 aromatic heterocycles. The van der Waals surface area contributed by atoms with Crippen molar-refractivity contribution in [2.45, 2.75) is 31.3 Å². The highest BCUT2D eigenvalue weighted by Crippen LogP contribution is 2.21. The van der Waals surface area contributed by atoms with Crippen LogP contribution in [0.3, 0.4) is 0 Å². The van der Waals surface area contributed by atoms with Gasteiger partial charge in [0.15, 0.2) is 0 Å². The summed E-state index contributed by atoms with van der Waals surface area (Å²) in [6.45, 7) is 2.09. The summed E-state index contributed by atoms with van der Waals surface area (Å²) in [6, 6.07) is 10.8. The van der Waals surface area contributed by atoms with E-state index >= 15 is 0 Å². The molecule has 1 aromatic carbocycles. The summed E-state index contributed by atoms with van der Waals surface area (Å²) in [4.78, 5) is 14.3. The predicted molar refractivity (Wildman–Crippen MR) is 66.7 cm³/mol. The fourth-order valence-electron chi connectivity index (χ4n) is 2.98. The zero-order valence-electron chi connectivity index (χ0n) is 9.93. The molecule has 1 amide bonds. The Kier molecular flexibility index (Phi) is 2.85. The Balaban J connectivity index is 1.67. The molecule has 2 unspecified atom stereocenters. The second-order valence-corrected chi connectivity index (χ2v) is 5.05. The van der Waals surface area contributed by atoms with Gasteiger partial charge in [-0.3, -0.25) is 9.69 Å². The van der Waals surface area contributed by atoms with Crippen LogP contribution in [0.5, 0.6) is 0 Å². The normalized spacial score (nSPS) is 28.8. The van der Waals surface area contributed by atoms with Crippen LogP contribution >= 0.6 is 0 Å². The molecule has 0 aliphatic carbocycles. The summed E-state index contributed by atoms with van der Waals surface area (Å²) >= 11 is 0. The summed E-state index contributed by atoms with van der Waals surface area (Å²) < 4.78 is 0. The average Bonchev–Trinajstić information content (AvgIpc) is 2.79. The molecule has 1 aromatic rings. The van der Waals surface area contributed by atoms with Crippen molar-refractivity contribution >= 4 is 5.91 Å². The lowest BCUT2D eigenvalue weighted by atomic mass is 10.0. The summed E-state index contributed by atoms with van der Waals surface area (Å²) in [6.07, 6.45) is 3.13. The smallest absolute Gasteiger partial charge is 0.237 e. The minimum Gasteiger partial charge on any atom is -0.350 e. The average molecular weight is 230 g/mol. The quantitative estimate of drug-likeness (QED) is 0.827. The van der Waals surface area contributed by atoms with Gasteiger partial charge in [-0.15, -0.1) is 0 Å². The fraction of sp³-hybridized carbons (Fsp3) is 0.500. The standard InChI is InChI=1S/C14H18N2O/c17-14-13-7-4-8-16(13)10-12(15-14)9-11-5-2-1-3-6-11/h1-3,5-6,12-13H,4,7-10H2,(H,15,17). The summed E-state index contributed by atoms with van der Waals surface area (Å²) in [7, 11) is 0. The number of hydrogen-bond acceptors (Lipinski definition) is 2. The first-order valence-corrected chi connectivity index (χ1v) is 6.41. The van der Waals surface area contributed by atoms with Crippen molar-refractivity contribution in [1.29, 1.82) is 0 Å². The molecule has 2 fully saturated rings. The van der Waals surface area contributed by atoms with Crippen LogP contribution in [0.4, 0.5) is 0 Å². The van der Waals surface area contributed by atoms with Crippen LogP contribution in [-0.2, 0) is 11.2 Å². The van der Waals surface area contributed by atoms with Crippen molar-refractivity contribution in [3.05, 3.63) is 35.9 Å². The van der Waals surface area contributed by atoms with Crippen LogP contribution in [0, 0.1) is 0 Å². The highest BCUT2D eigenvalue weighted by atomic mass is 16.2. The molecule has 3 nitrogen and oxygen atoms in total. The highest BCUT2D eigenvalue weighted by Gasteiger charge is 2.37. The molecular formula is C14H18N2O. The molecule has 0 bridgehead atoms. The first kappa shape index (κ1) is 10.8. The largest absolute Gasteiger partial charge is 0.350 e. The molecule has 1 N–H and O–H groups in total. The number of nitrogens with one attached hydrogen (secondary N) is 1. The van der Waals surface area contributed by atoms with E-state index in [-0.39, 0.29) is 18.0 Å². The number of nitrogens with zero attached hydrogens (tertiary/aromatic N) is 1. The maximum Gasteiger partial charge on any atom is 0.237 e. The van der Waals surface area contributed by atoms with Gasteiger partial charge < -0.3 is 5.32 Å². The number of carbonyl (C=O) groups is 1. The second-order valence-electron chi connectivity index (χ2n) is 5.05. The number of hydrogen-bond donors (Lipinski definition) is 1. The van der Waals surface area contributed by atoms with E-state index in [1.54, 1.807) is 0 Å². The van der Waals surface area contributed by atoms with Gasteiger partial charge in [-0.2, -0.15) is 0 Å². The lowest BCUT2D eigenvalue weighted by molar-refractivity contribution is -0.129. The van der Waals surface area contributed by atoms with Crippen LogP contribution in [-0.4, -0.2) is 36.0 Å². The Bertz CT molecular complexity index is 404. The molecule has 17 heavy (non-hydrogen) atoms. The van der Waals surface area contributed by atoms with E-state index in [0.717, 1.165) is 32.4 Å². The van der Waals surface area contributed by atoms with E-state index in [0.29, 0.717) is 0 Å². The van der Waals surface area contributed by atoms with Crippen molar-refractivity contribution < 1.29 is 4.79 Å². The summed E-state index contributed by atoms with van der Waals surface area (Å²) in [5.74, 6) is 0.231. The van der Waals surface area contributed by atoms with E-state index in [4.69, 9.17) is 0 Å². The predicted octanol–water partition coefficient (Wildman–Crippen LogP) is 1.19. The molecule has 2 aliphatic heterocycles. The highest BCUT2D eigenvalue weighted by molar-refractivity contribution is 5.83. The molecule has 0 spiro atoms. The Labute approximate surface area is 102 Å². The molecule has 2 atom stereocenters. The molecular weight excluding hydrogens is 212 g/mol. The fourth-order valence-corrected chi connectivity index (χ4v) is 2.98. The number of benzene rings is 1. The van der Waals surface area contributed by atoms with Crippen LogP contribution in [0.25, 0.3) is 0 Å². The van der Waals surface area contributed by atoms with Gasteiger partial charge >= 0.3 is 0 Å². The van der Waals surface area contributed by atoms with E-state index in [1.807, 2.05) is 6.07 Å². The van der Waals surface area contributed by atoms with Crippen LogP contribution in [0.2, 0.25) is 0 Å². The van der Waals surface area contributed by atoms with Crippen LogP contribution in [0.15, 0.2) is 30.3 Å². The Morgan fingerprint density at radius 3 is 2.94 bits per heavy atom. The molecule has 3 heteroatoms. The van der Waals surface area contributed by atoms with Gasteiger partial charge in [0.2, 0.25) is 5.91 Å². The SMILES string of the molecule is O=C1NC(Cc2ccccc2)CN2CCCC12. The number of fused-ring (bicyclic) bond motifs is 1. The lowest BCUT2D eigenvalue weighted by Crippen LogP contribution is -2.58. The molecule has 0 radical (unpaired) electrons. The van der Waals surface area contributed by atoms with Gasteiger partial charge in [0.05, 0.1) is 6.04 Å². The molecule has 3 rings (SSSR count). The monoisotopic (exact) mass is 230 g/mol. The topological polar surface area (TPSA) is 32.3 Å². The number of rotatable bonds is 2. The van der Waals surface area contributed by atoms with Crippen LogP contribution < -0.4 is 5.32 Å². The zero-order chi connectivity index (χ0) is 11.7. The molecule has 2 saturated heterocycles. The van der Waals surface area contributed by atoms with Crippen molar-refractivity contribution in [1.82, 2.24) is 10.2 Å². The van der Waals surface area contributed by atoms with E-state index in [2.05, 4.69) is 34.5 Å². The van der Waals surface area contributed by atoms with Crippen molar-refractivity contribution in [3.63, 3.8) is 0 Å². The van der Waals surface area contributed by atoms with E-state index in [1.165, 1.54) is 5.56 Å². The lowest BCUT2D eigenvalue weighted by Gasteiger charge is -2.35. The third-order valence-corrected chi connectivity index (χ3v) is 3.79. The number of carbonyl (C=O) groups excluding carboxylic acids is 1. The van der Waals surface area contributed by atoms with Crippen molar-refractivity contribution in [3.8, 4) is 0 Å². The Morgan fingerprint density at radius 1 is 1.29 bits per heavy atom. The van der Waals surface area contributed by atoms with Gasteiger partial charge in [-0.1, -0.05) is 30.3 Å². The number of amides is 1. The second kappa shape index (κ2) is 4.49. The minimum atomic E-state index is 0.155. The molecule has 0 saturated carbocycles. The first-order valence-electron chi connectivity index (χ1n) is 6.41. The molecule has 2 heterocycles. The maximum atomic E-state index is 11.9. The first-order chi connectivity index (χ1) is 8.33. The zero-order valence-corrected chi connectivity index (χ0v) is 9.93. The van der Waals surface area contributed by atoms with E-state index < -0.39 is 0 Å². The maximum absolute atomic E-state index is 11.9. The third-order valence-electron chi connectivity index (χ3n) is 3.79. The van der Waals surface area contributed by atoms with E-state index in [9.17, 15) is 4.79 Å². The van der Waals surface area contributed by atoms with Crippen molar-refractivity contribution in [2.75, 3.05) is 13.1 Å². The Morgan fingerprint density at radius 2 is 2.12 bits per heavy atom. The van der Waals surface area contributed by atoms with Gasteiger partial charge in [0, 0.05) is 12.6 Å².